The summed E-state index contributed by atoms with van der Waals surface area (Å²) < 4.78 is 2.04. The number of aromatic nitrogens is 2. The molecule has 0 atom stereocenters. The summed E-state index contributed by atoms with van der Waals surface area (Å²) in [6, 6.07) is 13.3. The van der Waals surface area contributed by atoms with Crippen LogP contribution in [0.3, 0.4) is 0 Å². The van der Waals surface area contributed by atoms with Crippen LogP contribution in [0, 0.1) is 10.1 Å². The number of hydrogen-bond donors (Lipinski definition) is 2. The van der Waals surface area contributed by atoms with Crippen molar-refractivity contribution in [3.8, 4) is 0 Å². The van der Waals surface area contributed by atoms with E-state index in [1.807, 2.05) is 28.8 Å². The third-order valence-electron chi connectivity index (χ3n) is 3.70. The van der Waals surface area contributed by atoms with Crippen molar-refractivity contribution in [2.24, 2.45) is 0 Å². The van der Waals surface area contributed by atoms with Crippen LogP contribution in [0.2, 0.25) is 0 Å². The second-order valence-corrected chi connectivity index (χ2v) is 5.47. The van der Waals surface area contributed by atoms with E-state index in [0.29, 0.717) is 12.2 Å². The summed E-state index contributed by atoms with van der Waals surface area (Å²) in [5, 5.41) is 16.0. The number of fused-ring (bicyclic) bond motifs is 1. The Bertz CT molecular complexity index is 906. The number of nitro benzene ring substituents is 1. The molecule has 3 aromatic rings. The predicted molar refractivity (Wildman–Crippen MR) is 94.5 cm³/mol. The molecule has 0 radical (unpaired) electrons. The molecule has 0 saturated carbocycles. The number of amides is 2. The van der Waals surface area contributed by atoms with Crippen LogP contribution in [0.4, 0.5) is 16.2 Å². The Hall–Kier alpha value is -3.42. The van der Waals surface area contributed by atoms with Crippen molar-refractivity contribution in [3.05, 3.63) is 65.0 Å². The Balaban J connectivity index is 1.46. The van der Waals surface area contributed by atoms with Crippen molar-refractivity contribution in [2.45, 2.75) is 13.0 Å². The summed E-state index contributed by atoms with van der Waals surface area (Å²) in [5.41, 5.74) is 2.32. The van der Waals surface area contributed by atoms with Gasteiger partial charge in [-0.25, -0.2) is 9.78 Å². The van der Waals surface area contributed by atoms with Gasteiger partial charge in [0.2, 0.25) is 0 Å². The molecule has 8 heteroatoms. The minimum atomic E-state index is -0.501. The molecule has 1 aromatic heterocycles. The molecule has 8 nitrogen and oxygen atoms in total. The fourth-order valence-electron chi connectivity index (χ4n) is 2.51. The molecule has 0 fully saturated rings. The van der Waals surface area contributed by atoms with Gasteiger partial charge in [-0.15, -0.1) is 0 Å². The minimum Gasteiger partial charge on any atom is -0.338 e. The average Bonchev–Trinajstić information content (AvgIpc) is 3.02. The number of nitro groups is 1. The third-order valence-corrected chi connectivity index (χ3v) is 3.70. The van der Waals surface area contributed by atoms with E-state index in [0.717, 1.165) is 24.0 Å². The molecule has 2 aromatic carbocycles. The van der Waals surface area contributed by atoms with E-state index in [1.165, 1.54) is 18.2 Å². The Kier molecular flexibility index (Phi) is 4.89. The summed E-state index contributed by atoms with van der Waals surface area (Å²) in [6.45, 7) is 1.21. The highest BCUT2D eigenvalue weighted by molar-refractivity contribution is 5.89. The molecule has 0 bridgehead atoms. The molecule has 0 aliphatic carbocycles. The van der Waals surface area contributed by atoms with Crippen molar-refractivity contribution in [1.29, 1.82) is 0 Å². The number of carbonyl (C=O) groups excluding carboxylic acids is 1. The molecule has 0 unspecified atom stereocenters. The standard InChI is InChI=1S/C17H17N5O3/c23-17(20-13-5-3-6-14(11-13)22(24)25)18-9-4-10-21-12-19-15-7-1-2-8-16(15)21/h1-3,5-8,11-12H,4,9-10H2,(H2,18,20,23). The topological polar surface area (TPSA) is 102 Å². The summed E-state index contributed by atoms with van der Waals surface area (Å²) in [5.74, 6) is 0. The van der Waals surface area contributed by atoms with Gasteiger partial charge in [0.15, 0.2) is 0 Å². The molecule has 2 amide bonds. The Morgan fingerprint density at radius 1 is 1.20 bits per heavy atom. The number of nitrogens with one attached hydrogen (secondary N) is 2. The van der Waals surface area contributed by atoms with Gasteiger partial charge in [0.25, 0.3) is 5.69 Å². The second kappa shape index (κ2) is 7.43. The third kappa shape index (κ3) is 4.11. The molecule has 128 valence electrons. The van der Waals surface area contributed by atoms with E-state index in [-0.39, 0.29) is 5.69 Å². The lowest BCUT2D eigenvalue weighted by molar-refractivity contribution is -0.384. The number of anilines is 1. The quantitative estimate of drug-likeness (QED) is 0.409. The monoisotopic (exact) mass is 339 g/mol. The van der Waals surface area contributed by atoms with Crippen LogP contribution < -0.4 is 10.6 Å². The van der Waals surface area contributed by atoms with E-state index in [9.17, 15) is 14.9 Å². The number of aryl methyl sites for hydroxylation is 1. The van der Waals surface area contributed by atoms with Crippen LogP contribution in [0.5, 0.6) is 0 Å². The van der Waals surface area contributed by atoms with E-state index in [4.69, 9.17) is 0 Å². The zero-order chi connectivity index (χ0) is 17.6. The van der Waals surface area contributed by atoms with Crippen molar-refractivity contribution >= 4 is 28.4 Å². The first kappa shape index (κ1) is 16.4. The van der Waals surface area contributed by atoms with E-state index in [2.05, 4.69) is 15.6 Å². The fraction of sp³-hybridized carbons (Fsp3) is 0.176. The molecule has 0 aliphatic rings. The maximum Gasteiger partial charge on any atom is 0.319 e. The van der Waals surface area contributed by atoms with Crippen LogP contribution >= 0.6 is 0 Å². The lowest BCUT2D eigenvalue weighted by Gasteiger charge is -2.08. The first-order chi connectivity index (χ1) is 12.1. The molecule has 3 rings (SSSR count). The summed E-state index contributed by atoms with van der Waals surface area (Å²) >= 11 is 0. The van der Waals surface area contributed by atoms with Gasteiger partial charge in [-0.05, 0) is 24.6 Å². The molecule has 2 N–H and O–H groups in total. The maximum atomic E-state index is 11.9. The summed E-state index contributed by atoms with van der Waals surface area (Å²) in [7, 11) is 0. The van der Waals surface area contributed by atoms with Gasteiger partial charge in [-0.2, -0.15) is 0 Å². The summed E-state index contributed by atoms with van der Waals surface area (Å²) in [4.78, 5) is 26.4. The lowest BCUT2D eigenvalue weighted by atomic mass is 10.3. The molecule has 1 heterocycles. The Morgan fingerprint density at radius 3 is 2.88 bits per heavy atom. The first-order valence-corrected chi connectivity index (χ1v) is 7.82. The number of benzene rings is 2. The number of rotatable bonds is 6. The van der Waals surface area contributed by atoms with Crippen molar-refractivity contribution in [1.82, 2.24) is 14.9 Å². The van der Waals surface area contributed by atoms with Gasteiger partial charge in [-0.3, -0.25) is 10.1 Å². The molecule has 0 saturated heterocycles. The zero-order valence-corrected chi connectivity index (χ0v) is 13.4. The Labute approximate surface area is 143 Å². The van der Waals surface area contributed by atoms with Gasteiger partial charge in [0, 0.05) is 30.9 Å². The average molecular weight is 339 g/mol. The first-order valence-electron chi connectivity index (χ1n) is 7.82. The summed E-state index contributed by atoms with van der Waals surface area (Å²) in [6.07, 6.45) is 2.52. The predicted octanol–water partition coefficient (Wildman–Crippen LogP) is 3.16. The number of non-ortho nitro benzene ring substituents is 1. The normalized spacial score (nSPS) is 10.6. The lowest BCUT2D eigenvalue weighted by Crippen LogP contribution is -2.30. The molecular weight excluding hydrogens is 322 g/mol. The molecule has 25 heavy (non-hydrogen) atoms. The van der Waals surface area contributed by atoms with Gasteiger partial charge < -0.3 is 15.2 Å². The van der Waals surface area contributed by atoms with Crippen LogP contribution in [0.1, 0.15) is 6.42 Å². The van der Waals surface area contributed by atoms with Gasteiger partial charge in [0.05, 0.1) is 22.3 Å². The minimum absolute atomic E-state index is 0.0650. The number of para-hydroxylation sites is 2. The van der Waals surface area contributed by atoms with E-state index < -0.39 is 11.0 Å². The van der Waals surface area contributed by atoms with Crippen LogP contribution in [-0.2, 0) is 6.54 Å². The zero-order valence-electron chi connectivity index (χ0n) is 13.4. The second-order valence-electron chi connectivity index (χ2n) is 5.47. The number of carbonyl (C=O) groups is 1. The van der Waals surface area contributed by atoms with Gasteiger partial charge >= 0.3 is 6.03 Å². The Morgan fingerprint density at radius 2 is 2.04 bits per heavy atom. The van der Waals surface area contributed by atoms with Crippen LogP contribution in [0.25, 0.3) is 11.0 Å². The van der Waals surface area contributed by atoms with Gasteiger partial charge in [-0.1, -0.05) is 18.2 Å². The SMILES string of the molecule is O=C(NCCCn1cnc2ccccc21)Nc1cccc([N+](=O)[O-])c1. The highest BCUT2D eigenvalue weighted by Gasteiger charge is 2.08. The maximum absolute atomic E-state index is 11.9. The number of urea groups is 1. The highest BCUT2D eigenvalue weighted by atomic mass is 16.6. The van der Waals surface area contributed by atoms with Crippen LogP contribution in [-0.4, -0.2) is 27.1 Å². The van der Waals surface area contributed by atoms with Crippen molar-refractivity contribution in [2.75, 3.05) is 11.9 Å². The number of imidazole rings is 1. The number of hydrogen-bond acceptors (Lipinski definition) is 4. The molecule has 0 spiro atoms. The highest BCUT2D eigenvalue weighted by Crippen LogP contribution is 2.16. The van der Waals surface area contributed by atoms with Crippen LogP contribution in [0.15, 0.2) is 54.9 Å². The smallest absolute Gasteiger partial charge is 0.319 e. The number of nitrogens with zero attached hydrogens (tertiary/aromatic N) is 3. The van der Waals surface area contributed by atoms with E-state index in [1.54, 1.807) is 12.4 Å². The van der Waals surface area contributed by atoms with Crippen molar-refractivity contribution < 1.29 is 9.72 Å². The van der Waals surface area contributed by atoms with Gasteiger partial charge in [0.1, 0.15) is 0 Å². The molecular formula is C17H17N5O3. The van der Waals surface area contributed by atoms with Crippen molar-refractivity contribution in [3.63, 3.8) is 0 Å². The molecule has 0 aliphatic heterocycles. The van der Waals surface area contributed by atoms with E-state index >= 15 is 0 Å². The fourth-order valence-corrected chi connectivity index (χ4v) is 2.51. The largest absolute Gasteiger partial charge is 0.338 e.